The number of urea groups is 1. The number of hydrogen-bond donors (Lipinski definition) is 1. The average molecular weight is 227 g/mol. The van der Waals surface area contributed by atoms with Crippen LogP contribution in [0.25, 0.3) is 10.8 Å². The Bertz CT molecular complexity index is 576. The number of benzene rings is 1. The molecule has 1 aromatic carbocycles. The van der Waals surface area contributed by atoms with E-state index in [0.29, 0.717) is 6.54 Å². The van der Waals surface area contributed by atoms with Crippen molar-refractivity contribution < 1.29 is 4.79 Å². The molecule has 2 amide bonds. The number of hydrogen-bond acceptors (Lipinski definition) is 2. The molecule has 1 N–H and O–H groups in total. The number of amides is 2. The second-order valence-electron chi connectivity index (χ2n) is 4.28. The molecule has 0 spiro atoms. The highest BCUT2D eigenvalue weighted by Crippen LogP contribution is 2.28. The average Bonchev–Trinajstić information content (AvgIpc) is 2.69. The highest BCUT2D eigenvalue weighted by Gasteiger charge is 2.29. The van der Waals surface area contributed by atoms with Crippen LogP contribution < -0.4 is 10.2 Å². The first kappa shape index (κ1) is 10.1. The Kier molecular flexibility index (Phi) is 2.21. The fraction of sp³-hybridized carbons (Fsp3) is 0.231. The number of aromatic nitrogens is 1. The number of carbonyl (C=O) groups excluding carboxylic acids is 1. The number of anilines is 1. The molecule has 4 heteroatoms. The van der Waals surface area contributed by atoms with E-state index >= 15 is 0 Å². The summed E-state index contributed by atoms with van der Waals surface area (Å²) in [6.07, 6.45) is 3.57. The number of nitrogens with zero attached hydrogens (tertiary/aromatic N) is 2. The SMILES string of the molecule is CC1CNC(=O)N1c1cncc2ccccc12. The number of pyridine rings is 1. The molecule has 1 aromatic heterocycles. The summed E-state index contributed by atoms with van der Waals surface area (Å²) in [4.78, 5) is 17.8. The Hall–Kier alpha value is -2.10. The smallest absolute Gasteiger partial charge is 0.322 e. The van der Waals surface area contributed by atoms with Crippen LogP contribution in [0.15, 0.2) is 36.7 Å². The molecular weight excluding hydrogens is 214 g/mol. The third-order valence-electron chi connectivity index (χ3n) is 3.11. The van der Waals surface area contributed by atoms with Gasteiger partial charge in [0.15, 0.2) is 0 Å². The zero-order chi connectivity index (χ0) is 11.8. The number of carbonyl (C=O) groups is 1. The van der Waals surface area contributed by atoms with Gasteiger partial charge in [-0.25, -0.2) is 4.79 Å². The zero-order valence-electron chi connectivity index (χ0n) is 9.55. The molecule has 2 heterocycles. The van der Waals surface area contributed by atoms with E-state index in [1.165, 1.54) is 0 Å². The molecule has 1 saturated heterocycles. The van der Waals surface area contributed by atoms with Gasteiger partial charge in [0.1, 0.15) is 0 Å². The number of fused-ring (bicyclic) bond motifs is 1. The predicted molar refractivity (Wildman–Crippen MR) is 67.1 cm³/mol. The Balaban J connectivity index is 2.20. The van der Waals surface area contributed by atoms with Crippen LogP contribution in [0.5, 0.6) is 0 Å². The molecule has 1 aliphatic heterocycles. The lowest BCUT2D eigenvalue weighted by atomic mass is 10.1. The molecule has 0 radical (unpaired) electrons. The molecular formula is C13H13N3O. The summed E-state index contributed by atoms with van der Waals surface area (Å²) in [7, 11) is 0. The summed E-state index contributed by atoms with van der Waals surface area (Å²) in [5, 5.41) is 4.96. The van der Waals surface area contributed by atoms with E-state index in [1.807, 2.05) is 37.4 Å². The van der Waals surface area contributed by atoms with E-state index < -0.39 is 0 Å². The van der Waals surface area contributed by atoms with Crippen molar-refractivity contribution in [2.45, 2.75) is 13.0 Å². The van der Waals surface area contributed by atoms with Crippen molar-refractivity contribution in [1.82, 2.24) is 10.3 Å². The summed E-state index contributed by atoms with van der Waals surface area (Å²) in [5.74, 6) is 0. The lowest BCUT2D eigenvalue weighted by Crippen LogP contribution is -2.32. The van der Waals surface area contributed by atoms with Crippen molar-refractivity contribution in [3.8, 4) is 0 Å². The molecule has 4 nitrogen and oxygen atoms in total. The van der Waals surface area contributed by atoms with Gasteiger partial charge in [0, 0.05) is 23.5 Å². The van der Waals surface area contributed by atoms with Gasteiger partial charge in [-0.05, 0) is 6.92 Å². The molecule has 17 heavy (non-hydrogen) atoms. The van der Waals surface area contributed by atoms with Gasteiger partial charge in [-0.3, -0.25) is 9.88 Å². The van der Waals surface area contributed by atoms with Crippen LogP contribution in [0.2, 0.25) is 0 Å². The first-order chi connectivity index (χ1) is 8.27. The molecule has 0 aliphatic carbocycles. The van der Waals surface area contributed by atoms with Crippen molar-refractivity contribution in [1.29, 1.82) is 0 Å². The molecule has 1 aliphatic rings. The zero-order valence-corrected chi connectivity index (χ0v) is 9.55. The van der Waals surface area contributed by atoms with Crippen LogP contribution >= 0.6 is 0 Å². The molecule has 1 atom stereocenters. The van der Waals surface area contributed by atoms with Crippen LogP contribution in [-0.2, 0) is 0 Å². The minimum absolute atomic E-state index is 0.0457. The Morgan fingerprint density at radius 2 is 2.18 bits per heavy atom. The molecule has 1 unspecified atom stereocenters. The molecule has 2 aromatic rings. The summed E-state index contributed by atoms with van der Waals surface area (Å²) in [6, 6.07) is 8.09. The molecule has 0 saturated carbocycles. The highest BCUT2D eigenvalue weighted by molar-refractivity contribution is 6.04. The Morgan fingerprint density at radius 1 is 1.35 bits per heavy atom. The summed E-state index contributed by atoms with van der Waals surface area (Å²) in [5.41, 5.74) is 0.880. The first-order valence-electron chi connectivity index (χ1n) is 5.67. The van der Waals surface area contributed by atoms with E-state index in [2.05, 4.69) is 10.3 Å². The summed E-state index contributed by atoms with van der Waals surface area (Å²) in [6.45, 7) is 2.71. The van der Waals surface area contributed by atoms with Gasteiger partial charge in [0.2, 0.25) is 0 Å². The Labute approximate surface area is 99.3 Å². The maximum absolute atomic E-state index is 11.8. The predicted octanol–water partition coefficient (Wildman–Crippen LogP) is 2.15. The monoisotopic (exact) mass is 227 g/mol. The maximum Gasteiger partial charge on any atom is 0.322 e. The minimum Gasteiger partial charge on any atom is -0.336 e. The molecule has 0 bridgehead atoms. The van der Waals surface area contributed by atoms with Crippen molar-refractivity contribution in [2.24, 2.45) is 0 Å². The third kappa shape index (κ3) is 1.53. The summed E-state index contributed by atoms with van der Waals surface area (Å²) >= 11 is 0. The fourth-order valence-electron chi connectivity index (χ4n) is 2.25. The van der Waals surface area contributed by atoms with Gasteiger partial charge in [0.05, 0.1) is 17.9 Å². The van der Waals surface area contributed by atoms with E-state index in [1.54, 1.807) is 11.1 Å². The second kappa shape index (κ2) is 3.73. The lowest BCUT2D eigenvalue weighted by Gasteiger charge is -2.21. The standard InChI is InChI=1S/C13H13N3O/c1-9-6-15-13(17)16(9)12-8-14-7-10-4-2-3-5-11(10)12/h2-5,7-9H,6H2,1H3,(H,15,17). The minimum atomic E-state index is -0.0457. The van der Waals surface area contributed by atoms with Crippen LogP contribution in [0.1, 0.15) is 6.92 Å². The van der Waals surface area contributed by atoms with Crippen LogP contribution in [0, 0.1) is 0 Å². The van der Waals surface area contributed by atoms with Gasteiger partial charge in [-0.2, -0.15) is 0 Å². The first-order valence-corrected chi connectivity index (χ1v) is 5.67. The normalized spacial score (nSPS) is 19.7. The van der Waals surface area contributed by atoms with Crippen molar-refractivity contribution >= 4 is 22.5 Å². The van der Waals surface area contributed by atoms with Gasteiger partial charge in [0.25, 0.3) is 0 Å². The molecule has 1 fully saturated rings. The van der Waals surface area contributed by atoms with Crippen LogP contribution in [0.3, 0.4) is 0 Å². The van der Waals surface area contributed by atoms with Gasteiger partial charge >= 0.3 is 6.03 Å². The number of rotatable bonds is 1. The van der Waals surface area contributed by atoms with Crippen molar-refractivity contribution in [3.63, 3.8) is 0 Å². The van der Waals surface area contributed by atoms with Crippen molar-refractivity contribution in [2.75, 3.05) is 11.4 Å². The highest BCUT2D eigenvalue weighted by atomic mass is 16.2. The maximum atomic E-state index is 11.8. The van der Waals surface area contributed by atoms with Gasteiger partial charge in [-0.15, -0.1) is 0 Å². The van der Waals surface area contributed by atoms with Gasteiger partial charge in [-0.1, -0.05) is 24.3 Å². The largest absolute Gasteiger partial charge is 0.336 e. The molecule has 86 valence electrons. The Morgan fingerprint density at radius 3 is 2.94 bits per heavy atom. The fourth-order valence-corrected chi connectivity index (χ4v) is 2.25. The van der Waals surface area contributed by atoms with Crippen LogP contribution in [0.4, 0.5) is 10.5 Å². The van der Waals surface area contributed by atoms with Crippen LogP contribution in [-0.4, -0.2) is 23.6 Å². The number of nitrogens with one attached hydrogen (secondary N) is 1. The van der Waals surface area contributed by atoms with E-state index in [4.69, 9.17) is 0 Å². The third-order valence-corrected chi connectivity index (χ3v) is 3.11. The van der Waals surface area contributed by atoms with Crippen molar-refractivity contribution in [3.05, 3.63) is 36.7 Å². The topological polar surface area (TPSA) is 45.2 Å². The van der Waals surface area contributed by atoms with E-state index in [9.17, 15) is 4.79 Å². The lowest BCUT2D eigenvalue weighted by molar-refractivity contribution is 0.252. The summed E-state index contributed by atoms with van der Waals surface area (Å²) < 4.78 is 0. The second-order valence-corrected chi connectivity index (χ2v) is 4.28. The molecule has 3 rings (SSSR count). The quantitative estimate of drug-likeness (QED) is 0.811. The van der Waals surface area contributed by atoms with E-state index in [-0.39, 0.29) is 12.1 Å². The van der Waals surface area contributed by atoms with E-state index in [0.717, 1.165) is 16.5 Å². The van der Waals surface area contributed by atoms with Gasteiger partial charge < -0.3 is 5.32 Å².